The zero-order valence-electron chi connectivity index (χ0n) is 19.3. The zero-order chi connectivity index (χ0) is 25.9. The summed E-state index contributed by atoms with van der Waals surface area (Å²) in [7, 11) is 0. The Morgan fingerprint density at radius 1 is 0.848 bits per heavy atom. The van der Waals surface area contributed by atoms with Crippen LogP contribution in [0.5, 0.6) is 0 Å². The molecule has 0 saturated carbocycles. The summed E-state index contributed by atoms with van der Waals surface area (Å²) in [5, 5.41) is 25.4. The normalized spacial score (nSPS) is 15.5. The molecule has 0 rings (SSSR count). The van der Waals surface area contributed by atoms with Crippen LogP contribution in [0.25, 0.3) is 0 Å². The van der Waals surface area contributed by atoms with Crippen molar-refractivity contribution in [2.75, 3.05) is 0 Å². The van der Waals surface area contributed by atoms with Crippen LogP contribution >= 0.6 is 0 Å². The van der Waals surface area contributed by atoms with E-state index in [2.05, 4.69) is 16.0 Å². The molecule has 0 unspecified atom stereocenters. The van der Waals surface area contributed by atoms with Gasteiger partial charge in [-0.1, -0.05) is 34.1 Å². The van der Waals surface area contributed by atoms with E-state index in [4.69, 9.17) is 16.6 Å². The van der Waals surface area contributed by atoms with Gasteiger partial charge in [0.25, 0.3) is 0 Å². The third-order valence-electron chi connectivity index (χ3n) is 5.06. The molecule has 0 bridgehead atoms. The van der Waals surface area contributed by atoms with Crippen LogP contribution < -0.4 is 27.4 Å². The van der Waals surface area contributed by atoms with Gasteiger partial charge in [-0.15, -0.1) is 0 Å². The highest BCUT2D eigenvalue weighted by atomic mass is 16.4. The maximum absolute atomic E-state index is 12.9. The van der Waals surface area contributed by atoms with Crippen molar-refractivity contribution in [3.63, 3.8) is 0 Å². The van der Waals surface area contributed by atoms with E-state index in [1.807, 2.05) is 0 Å². The van der Waals surface area contributed by atoms with Gasteiger partial charge in [0.15, 0.2) is 0 Å². The molecule has 9 N–H and O–H groups in total. The number of carboxylic acid groups (broad SMARTS) is 2. The lowest BCUT2D eigenvalue weighted by Crippen LogP contribution is -2.59. The Bertz CT molecular complexity index is 742. The Morgan fingerprint density at radius 2 is 1.39 bits per heavy atom. The van der Waals surface area contributed by atoms with Crippen molar-refractivity contribution in [2.24, 2.45) is 23.3 Å². The molecule has 0 heterocycles. The molecule has 0 aliphatic carbocycles. The molecule has 0 radical (unpaired) electrons. The largest absolute Gasteiger partial charge is 0.481 e. The predicted molar refractivity (Wildman–Crippen MR) is 116 cm³/mol. The van der Waals surface area contributed by atoms with E-state index < -0.39 is 84.4 Å². The van der Waals surface area contributed by atoms with E-state index in [9.17, 15) is 33.9 Å². The van der Waals surface area contributed by atoms with E-state index in [0.29, 0.717) is 6.42 Å². The summed E-state index contributed by atoms with van der Waals surface area (Å²) >= 11 is 0. The summed E-state index contributed by atoms with van der Waals surface area (Å²) in [5.74, 6) is -6.60. The number of rotatable bonds is 15. The third kappa shape index (κ3) is 10.8. The van der Waals surface area contributed by atoms with Crippen LogP contribution in [0.2, 0.25) is 0 Å². The number of hydrogen-bond acceptors (Lipinski definition) is 7. The Labute approximate surface area is 192 Å². The van der Waals surface area contributed by atoms with Gasteiger partial charge in [0.1, 0.15) is 18.1 Å². The van der Waals surface area contributed by atoms with E-state index in [0.717, 1.165) is 0 Å². The fourth-order valence-electron chi connectivity index (χ4n) is 2.84. The van der Waals surface area contributed by atoms with Gasteiger partial charge in [-0.05, 0) is 18.3 Å². The number of carboxylic acids is 2. The average molecular weight is 474 g/mol. The lowest BCUT2D eigenvalue weighted by molar-refractivity contribution is -0.144. The smallest absolute Gasteiger partial charge is 0.326 e. The molecular weight excluding hydrogens is 438 g/mol. The number of aliphatic carboxylic acids is 2. The number of carbonyl (C=O) groups is 6. The van der Waals surface area contributed by atoms with Crippen molar-refractivity contribution in [3.8, 4) is 0 Å². The molecule has 0 aromatic carbocycles. The monoisotopic (exact) mass is 473 g/mol. The Balaban J connectivity index is 5.63. The first-order valence-corrected chi connectivity index (χ1v) is 10.6. The molecule has 0 aliphatic rings. The lowest BCUT2D eigenvalue weighted by Gasteiger charge is -2.28. The summed E-state index contributed by atoms with van der Waals surface area (Å²) in [6.45, 7) is 6.66. The maximum atomic E-state index is 12.9. The minimum atomic E-state index is -1.37. The molecule has 0 fully saturated rings. The van der Waals surface area contributed by atoms with Crippen LogP contribution in [0.3, 0.4) is 0 Å². The van der Waals surface area contributed by atoms with Crippen molar-refractivity contribution in [1.82, 2.24) is 16.0 Å². The minimum absolute atomic E-state index is 0.311. The molecule has 13 heteroatoms. The second kappa shape index (κ2) is 14.0. The first-order chi connectivity index (χ1) is 15.2. The second-order valence-electron chi connectivity index (χ2n) is 8.21. The van der Waals surface area contributed by atoms with Gasteiger partial charge in [-0.3, -0.25) is 24.0 Å². The van der Waals surface area contributed by atoms with Gasteiger partial charge in [0.2, 0.25) is 23.6 Å². The highest BCUT2D eigenvalue weighted by Gasteiger charge is 2.33. The molecule has 0 saturated heterocycles. The first-order valence-electron chi connectivity index (χ1n) is 10.6. The van der Waals surface area contributed by atoms with Gasteiger partial charge in [0, 0.05) is 6.42 Å². The van der Waals surface area contributed by atoms with Crippen LogP contribution in [-0.4, -0.2) is 69.9 Å². The summed E-state index contributed by atoms with van der Waals surface area (Å²) in [6.07, 6.45) is -0.816. The number of carbonyl (C=O) groups excluding carboxylic acids is 4. The summed E-state index contributed by atoms with van der Waals surface area (Å²) < 4.78 is 0. The van der Waals surface area contributed by atoms with Gasteiger partial charge in [-0.2, -0.15) is 0 Å². The van der Waals surface area contributed by atoms with Crippen LogP contribution in [-0.2, 0) is 28.8 Å². The van der Waals surface area contributed by atoms with Crippen molar-refractivity contribution in [1.29, 1.82) is 0 Å². The second-order valence-corrected chi connectivity index (χ2v) is 8.21. The number of amides is 4. The molecule has 0 aromatic rings. The van der Waals surface area contributed by atoms with Crippen LogP contribution in [0.1, 0.15) is 53.4 Å². The molecule has 188 valence electrons. The van der Waals surface area contributed by atoms with Crippen molar-refractivity contribution >= 4 is 35.6 Å². The van der Waals surface area contributed by atoms with E-state index in [1.165, 1.54) is 0 Å². The third-order valence-corrected chi connectivity index (χ3v) is 5.06. The van der Waals surface area contributed by atoms with Crippen molar-refractivity contribution in [2.45, 2.75) is 77.5 Å². The summed E-state index contributed by atoms with van der Waals surface area (Å²) in [4.78, 5) is 71.3. The molecular formula is C20H35N5O8. The Kier molecular flexibility index (Phi) is 12.7. The number of nitrogens with two attached hydrogens (primary N) is 2. The first kappa shape index (κ1) is 29.8. The van der Waals surface area contributed by atoms with Crippen LogP contribution in [0.15, 0.2) is 0 Å². The average Bonchev–Trinajstić information content (AvgIpc) is 2.70. The molecule has 4 amide bonds. The summed E-state index contributed by atoms with van der Waals surface area (Å²) in [6, 6.07) is -5.05. The topological polar surface area (TPSA) is 231 Å². The van der Waals surface area contributed by atoms with Crippen LogP contribution in [0.4, 0.5) is 0 Å². The fraction of sp³-hybridized carbons (Fsp3) is 0.700. The highest BCUT2D eigenvalue weighted by Crippen LogP contribution is 2.11. The van der Waals surface area contributed by atoms with Gasteiger partial charge >= 0.3 is 11.9 Å². The number of hydrogen-bond donors (Lipinski definition) is 7. The Morgan fingerprint density at radius 3 is 1.82 bits per heavy atom. The molecule has 0 spiro atoms. The molecule has 0 aliphatic heterocycles. The Hall–Kier alpha value is -3.22. The fourth-order valence-corrected chi connectivity index (χ4v) is 2.84. The van der Waals surface area contributed by atoms with Crippen molar-refractivity contribution in [3.05, 3.63) is 0 Å². The SMILES string of the molecule is CC[C@H](C)[C@H](NC(=O)[C@H](CCC(=O)O)NC(=O)[C@@H](N)CC(N)=O)C(=O)N[C@H](C(=O)O)C(C)C. The van der Waals surface area contributed by atoms with E-state index >= 15 is 0 Å². The van der Waals surface area contributed by atoms with Gasteiger partial charge in [0.05, 0.1) is 12.5 Å². The molecule has 5 atom stereocenters. The van der Waals surface area contributed by atoms with Crippen LogP contribution in [0, 0.1) is 11.8 Å². The maximum Gasteiger partial charge on any atom is 0.326 e. The highest BCUT2D eigenvalue weighted by molar-refractivity contribution is 5.95. The van der Waals surface area contributed by atoms with Gasteiger partial charge in [-0.25, -0.2) is 4.79 Å². The molecule has 33 heavy (non-hydrogen) atoms. The minimum Gasteiger partial charge on any atom is -0.481 e. The van der Waals surface area contributed by atoms with E-state index in [1.54, 1.807) is 27.7 Å². The molecule has 0 aromatic heterocycles. The number of nitrogens with one attached hydrogen (secondary N) is 3. The number of primary amides is 1. The van der Waals surface area contributed by atoms with E-state index in [-0.39, 0.29) is 6.42 Å². The standard InChI is InChI=1S/C20H35N5O8/c1-5-10(4)16(19(31)24-15(9(2)3)20(32)33)25-18(30)12(6-7-14(27)28)23-17(29)11(21)8-13(22)26/h9-12,15-16H,5-8,21H2,1-4H3,(H2,22,26)(H,23,29)(H,24,31)(H,25,30)(H,27,28)(H,32,33)/t10-,11-,12-,15-,16-/m0/s1. The molecule has 13 nitrogen and oxygen atoms in total. The predicted octanol–water partition coefficient (Wildman–Crippen LogP) is -1.70. The zero-order valence-corrected chi connectivity index (χ0v) is 19.3. The summed E-state index contributed by atoms with van der Waals surface area (Å²) in [5.41, 5.74) is 10.6. The quantitative estimate of drug-likeness (QED) is 0.143. The van der Waals surface area contributed by atoms with Crippen molar-refractivity contribution < 1.29 is 39.0 Å². The lowest BCUT2D eigenvalue weighted by atomic mass is 9.96. The van der Waals surface area contributed by atoms with Gasteiger partial charge < -0.3 is 37.6 Å².